The van der Waals surface area contributed by atoms with Gasteiger partial charge in [0.15, 0.2) is 16.6 Å². The second-order valence-corrected chi connectivity index (χ2v) is 9.94. The Hall–Kier alpha value is -3.47. The molecule has 2 aliphatic rings. The molecule has 4 aromatic rings. The first-order chi connectivity index (χ1) is 17.0. The van der Waals surface area contributed by atoms with Gasteiger partial charge in [0, 0.05) is 36.4 Å². The molecule has 4 aromatic heterocycles. The summed E-state index contributed by atoms with van der Waals surface area (Å²) in [6, 6.07) is 2.72. The molecule has 2 aliphatic carbocycles. The number of nitrogens with zero attached hydrogens (tertiary/aromatic N) is 6. The average Bonchev–Trinajstić information content (AvgIpc) is 3.74. The van der Waals surface area contributed by atoms with Gasteiger partial charge in [-0.1, -0.05) is 0 Å². The SMILES string of the molecule is CCOC(=O)c1csc(Nc2nc3c(cc(C(=O)N(C4CC4)C4CC4)n3CC)c3c2ncn3C)n1. The maximum absolute atomic E-state index is 13.7. The minimum absolute atomic E-state index is 0.0960. The average molecular weight is 494 g/mol. The van der Waals surface area contributed by atoms with Crippen LogP contribution in [0, 0.1) is 0 Å². The van der Waals surface area contributed by atoms with Crippen LogP contribution in [0.25, 0.3) is 22.1 Å². The van der Waals surface area contributed by atoms with Crippen molar-refractivity contribution in [2.75, 3.05) is 11.9 Å². The van der Waals surface area contributed by atoms with Crippen LogP contribution in [0.1, 0.15) is 60.5 Å². The number of amides is 1. The summed E-state index contributed by atoms with van der Waals surface area (Å²) in [7, 11) is 1.94. The molecule has 10 nitrogen and oxygen atoms in total. The van der Waals surface area contributed by atoms with E-state index in [1.807, 2.05) is 29.2 Å². The normalized spacial score (nSPS) is 15.6. The standard InChI is InChI=1S/C24H27N7O3S/c1-4-30-17(22(32)31(13-6-7-13)14-8-9-14)10-15-19-18(25-12-29(19)3)20(27-21(15)30)28-24-26-16(11-35-24)23(33)34-5-2/h10-14H,4-9H2,1-3H3,(H,26,27,28). The summed E-state index contributed by atoms with van der Waals surface area (Å²) in [4.78, 5) is 41.7. The van der Waals surface area contributed by atoms with Gasteiger partial charge < -0.3 is 24.1 Å². The molecular formula is C24H27N7O3S. The fourth-order valence-corrected chi connectivity index (χ4v) is 5.38. The molecule has 6 rings (SSSR count). The summed E-state index contributed by atoms with van der Waals surface area (Å²) in [5.74, 6) is 0.173. The molecule has 0 unspecified atom stereocenters. The van der Waals surface area contributed by atoms with Crippen LogP contribution in [0.3, 0.4) is 0 Å². The van der Waals surface area contributed by atoms with Crippen LogP contribution in [0.2, 0.25) is 0 Å². The smallest absolute Gasteiger partial charge is 0.357 e. The van der Waals surface area contributed by atoms with Gasteiger partial charge in [0.25, 0.3) is 5.91 Å². The highest BCUT2D eigenvalue weighted by Gasteiger charge is 2.43. The Kier molecular flexibility index (Phi) is 5.24. The quantitative estimate of drug-likeness (QED) is 0.369. The third-order valence-electron chi connectivity index (χ3n) is 6.57. The number of anilines is 2. The number of ether oxygens (including phenoxy) is 1. The van der Waals surface area contributed by atoms with E-state index in [9.17, 15) is 9.59 Å². The molecule has 0 bridgehead atoms. The number of esters is 1. The number of thiazole rings is 1. The van der Waals surface area contributed by atoms with Crippen molar-refractivity contribution in [1.29, 1.82) is 0 Å². The number of hydrogen-bond acceptors (Lipinski definition) is 8. The van der Waals surface area contributed by atoms with Gasteiger partial charge in [-0.2, -0.15) is 0 Å². The number of hydrogen-bond donors (Lipinski definition) is 1. The number of fused-ring (bicyclic) bond motifs is 3. The first kappa shape index (κ1) is 22.0. The van der Waals surface area contributed by atoms with Gasteiger partial charge in [-0.25, -0.2) is 19.7 Å². The first-order valence-corrected chi connectivity index (χ1v) is 12.9. The Balaban J connectivity index is 1.44. The first-order valence-electron chi connectivity index (χ1n) is 12.1. The predicted molar refractivity (Wildman–Crippen MR) is 133 cm³/mol. The zero-order valence-electron chi connectivity index (χ0n) is 19.9. The van der Waals surface area contributed by atoms with Crippen LogP contribution < -0.4 is 5.32 Å². The van der Waals surface area contributed by atoms with Gasteiger partial charge in [-0.3, -0.25) is 4.79 Å². The van der Waals surface area contributed by atoms with Crippen molar-refractivity contribution >= 4 is 56.2 Å². The van der Waals surface area contributed by atoms with Crippen molar-refractivity contribution in [3.8, 4) is 0 Å². The molecular weight excluding hydrogens is 466 g/mol. The zero-order valence-corrected chi connectivity index (χ0v) is 20.8. The zero-order chi connectivity index (χ0) is 24.3. The highest BCUT2D eigenvalue weighted by Crippen LogP contribution is 2.39. The van der Waals surface area contributed by atoms with Gasteiger partial charge in [-0.05, 0) is 45.6 Å². The van der Waals surface area contributed by atoms with Gasteiger partial charge in [-0.15, -0.1) is 11.3 Å². The van der Waals surface area contributed by atoms with Gasteiger partial charge >= 0.3 is 5.97 Å². The fraction of sp³-hybridized carbons (Fsp3) is 0.458. The number of rotatable bonds is 8. The molecule has 0 saturated heterocycles. The fourth-order valence-electron chi connectivity index (χ4n) is 4.70. The Morgan fingerprint density at radius 1 is 1.20 bits per heavy atom. The third kappa shape index (κ3) is 3.74. The molecule has 0 aromatic carbocycles. The van der Waals surface area contributed by atoms with E-state index in [1.165, 1.54) is 11.3 Å². The second-order valence-electron chi connectivity index (χ2n) is 9.08. The molecule has 0 spiro atoms. The van der Waals surface area contributed by atoms with Crippen LogP contribution in [0.15, 0.2) is 17.8 Å². The van der Waals surface area contributed by atoms with E-state index in [1.54, 1.807) is 18.6 Å². The lowest BCUT2D eigenvalue weighted by molar-refractivity contribution is 0.0520. The summed E-state index contributed by atoms with van der Waals surface area (Å²) >= 11 is 1.30. The van der Waals surface area contributed by atoms with Gasteiger partial charge in [0.1, 0.15) is 16.9 Å². The van der Waals surface area contributed by atoms with Crippen LogP contribution in [0.4, 0.5) is 10.9 Å². The van der Waals surface area contributed by atoms with Crippen molar-refractivity contribution < 1.29 is 14.3 Å². The van der Waals surface area contributed by atoms with Crippen LogP contribution in [-0.4, -0.2) is 59.6 Å². The Labute approximate surface area is 205 Å². The summed E-state index contributed by atoms with van der Waals surface area (Å²) in [6.45, 7) is 4.70. The van der Waals surface area contributed by atoms with E-state index >= 15 is 0 Å². The molecule has 1 N–H and O–H groups in total. The van der Waals surface area contributed by atoms with Crippen molar-refractivity contribution in [2.24, 2.45) is 7.05 Å². The number of aryl methyl sites for hydroxylation is 2. The summed E-state index contributed by atoms with van der Waals surface area (Å²) < 4.78 is 8.99. The van der Waals surface area contributed by atoms with Gasteiger partial charge in [0.2, 0.25) is 0 Å². The molecule has 2 saturated carbocycles. The molecule has 0 aliphatic heterocycles. The maximum Gasteiger partial charge on any atom is 0.357 e. The lowest BCUT2D eigenvalue weighted by Crippen LogP contribution is -2.36. The van der Waals surface area contributed by atoms with E-state index in [2.05, 4.69) is 20.2 Å². The molecule has 11 heteroatoms. The number of carbonyl (C=O) groups excluding carboxylic acids is 2. The molecule has 182 valence electrons. The molecule has 2 fully saturated rings. The van der Waals surface area contributed by atoms with E-state index in [4.69, 9.17) is 9.72 Å². The van der Waals surface area contributed by atoms with Crippen molar-refractivity contribution in [1.82, 2.24) is 29.0 Å². The number of pyridine rings is 1. The molecule has 4 heterocycles. The van der Waals surface area contributed by atoms with Crippen molar-refractivity contribution in [3.05, 3.63) is 29.2 Å². The third-order valence-corrected chi connectivity index (χ3v) is 7.32. The Morgan fingerprint density at radius 3 is 2.60 bits per heavy atom. The van der Waals surface area contributed by atoms with Crippen LogP contribution >= 0.6 is 11.3 Å². The predicted octanol–water partition coefficient (Wildman–Crippen LogP) is 4.09. The maximum atomic E-state index is 13.7. The highest BCUT2D eigenvalue weighted by atomic mass is 32.1. The Bertz CT molecular complexity index is 1450. The van der Waals surface area contributed by atoms with E-state index in [-0.39, 0.29) is 11.6 Å². The van der Waals surface area contributed by atoms with E-state index in [0.29, 0.717) is 47.4 Å². The lowest BCUT2D eigenvalue weighted by Gasteiger charge is -2.22. The molecule has 0 atom stereocenters. The molecule has 1 amide bonds. The van der Waals surface area contributed by atoms with Crippen LogP contribution in [0.5, 0.6) is 0 Å². The van der Waals surface area contributed by atoms with E-state index < -0.39 is 5.97 Å². The molecule has 35 heavy (non-hydrogen) atoms. The second kappa shape index (κ2) is 8.33. The summed E-state index contributed by atoms with van der Waals surface area (Å²) in [5.41, 5.74) is 3.23. The Morgan fingerprint density at radius 2 is 1.94 bits per heavy atom. The van der Waals surface area contributed by atoms with Gasteiger partial charge in [0.05, 0.1) is 18.5 Å². The number of carbonyl (C=O) groups is 2. The summed E-state index contributed by atoms with van der Waals surface area (Å²) in [6.07, 6.45) is 6.11. The van der Waals surface area contributed by atoms with E-state index in [0.717, 1.165) is 42.2 Å². The topological polar surface area (TPSA) is 107 Å². The monoisotopic (exact) mass is 493 g/mol. The number of aromatic nitrogens is 5. The number of nitrogens with one attached hydrogen (secondary N) is 1. The molecule has 0 radical (unpaired) electrons. The highest BCUT2D eigenvalue weighted by molar-refractivity contribution is 7.14. The van der Waals surface area contributed by atoms with Crippen molar-refractivity contribution in [2.45, 2.75) is 58.2 Å². The number of imidazole rings is 1. The largest absolute Gasteiger partial charge is 0.461 e. The minimum Gasteiger partial charge on any atom is -0.461 e. The van der Waals surface area contributed by atoms with Crippen LogP contribution in [-0.2, 0) is 18.3 Å². The lowest BCUT2D eigenvalue weighted by atomic mass is 10.2. The summed E-state index contributed by atoms with van der Waals surface area (Å²) in [5, 5.41) is 6.32. The van der Waals surface area contributed by atoms with Crippen molar-refractivity contribution in [3.63, 3.8) is 0 Å². The minimum atomic E-state index is -0.456.